The van der Waals surface area contributed by atoms with Gasteiger partial charge in [0.05, 0.1) is 6.10 Å². The van der Waals surface area contributed by atoms with E-state index >= 15 is 0 Å². The van der Waals surface area contributed by atoms with Gasteiger partial charge in [-0.2, -0.15) is 0 Å². The molecule has 1 unspecified atom stereocenters. The molecule has 0 bridgehead atoms. The van der Waals surface area contributed by atoms with Gasteiger partial charge in [-0.05, 0) is 52.6 Å². The smallest absolute Gasteiger partial charge is 0.0588 e. The van der Waals surface area contributed by atoms with E-state index in [1.165, 1.54) is 12.8 Å². The second-order valence-corrected chi connectivity index (χ2v) is 4.91. The maximum atomic E-state index is 5.88. The van der Waals surface area contributed by atoms with Gasteiger partial charge in [-0.15, -0.1) is 0 Å². The zero-order valence-corrected chi connectivity index (χ0v) is 9.51. The van der Waals surface area contributed by atoms with Gasteiger partial charge in [0.15, 0.2) is 0 Å². The minimum Gasteiger partial charge on any atom is -0.378 e. The first-order valence-electron chi connectivity index (χ1n) is 5.69. The molecular weight excluding hydrogens is 176 g/mol. The third kappa shape index (κ3) is 5.58. The second kappa shape index (κ2) is 5.69. The van der Waals surface area contributed by atoms with Crippen LogP contribution in [0.3, 0.4) is 0 Å². The second-order valence-electron chi connectivity index (χ2n) is 4.91. The standard InChI is InChI=1S/C11H24N2O/c1-11(2,12)6-8-13-7-5-10-4-3-9-14-10/h10,13H,3-9,12H2,1-2H3. The van der Waals surface area contributed by atoms with Crippen LogP contribution in [0.1, 0.15) is 39.5 Å². The van der Waals surface area contributed by atoms with Gasteiger partial charge in [-0.3, -0.25) is 0 Å². The van der Waals surface area contributed by atoms with Crippen LogP contribution in [0.5, 0.6) is 0 Å². The quantitative estimate of drug-likeness (QED) is 0.635. The Morgan fingerprint density at radius 3 is 2.79 bits per heavy atom. The zero-order valence-electron chi connectivity index (χ0n) is 9.51. The third-order valence-corrected chi connectivity index (χ3v) is 2.61. The van der Waals surface area contributed by atoms with Gasteiger partial charge in [0.1, 0.15) is 0 Å². The monoisotopic (exact) mass is 200 g/mol. The van der Waals surface area contributed by atoms with Crippen LogP contribution in [0.4, 0.5) is 0 Å². The van der Waals surface area contributed by atoms with E-state index in [1.54, 1.807) is 0 Å². The lowest BCUT2D eigenvalue weighted by Crippen LogP contribution is -2.36. The van der Waals surface area contributed by atoms with Crippen LogP contribution in [-0.4, -0.2) is 31.3 Å². The van der Waals surface area contributed by atoms with Crippen molar-refractivity contribution in [2.45, 2.75) is 51.2 Å². The summed E-state index contributed by atoms with van der Waals surface area (Å²) in [6.45, 7) is 7.15. The molecule has 0 amide bonds. The van der Waals surface area contributed by atoms with Crippen LogP contribution in [0.25, 0.3) is 0 Å². The molecule has 1 saturated heterocycles. The normalized spacial score (nSPS) is 22.9. The van der Waals surface area contributed by atoms with Crippen molar-refractivity contribution in [1.29, 1.82) is 0 Å². The Morgan fingerprint density at radius 2 is 2.21 bits per heavy atom. The number of rotatable bonds is 6. The lowest BCUT2D eigenvalue weighted by molar-refractivity contribution is 0.104. The van der Waals surface area contributed by atoms with Gasteiger partial charge in [0.25, 0.3) is 0 Å². The molecule has 3 N–H and O–H groups in total. The molecule has 1 aliphatic rings. The van der Waals surface area contributed by atoms with Crippen LogP contribution < -0.4 is 11.1 Å². The van der Waals surface area contributed by atoms with Crippen LogP contribution in [0.2, 0.25) is 0 Å². The maximum absolute atomic E-state index is 5.88. The van der Waals surface area contributed by atoms with E-state index in [0.717, 1.165) is 32.5 Å². The Balaban J connectivity index is 1.89. The summed E-state index contributed by atoms with van der Waals surface area (Å²) in [5.41, 5.74) is 5.83. The first-order chi connectivity index (χ1) is 6.58. The van der Waals surface area contributed by atoms with E-state index in [0.29, 0.717) is 6.10 Å². The molecule has 84 valence electrons. The zero-order chi connectivity index (χ0) is 10.4. The van der Waals surface area contributed by atoms with Crippen molar-refractivity contribution < 1.29 is 4.74 Å². The van der Waals surface area contributed by atoms with Crippen molar-refractivity contribution in [2.75, 3.05) is 19.7 Å². The molecule has 14 heavy (non-hydrogen) atoms. The van der Waals surface area contributed by atoms with Gasteiger partial charge >= 0.3 is 0 Å². The molecule has 0 saturated carbocycles. The number of hydrogen-bond acceptors (Lipinski definition) is 3. The summed E-state index contributed by atoms with van der Waals surface area (Å²) < 4.78 is 5.54. The minimum atomic E-state index is -0.0448. The molecule has 0 aromatic carbocycles. The predicted molar refractivity (Wildman–Crippen MR) is 59.3 cm³/mol. The molecule has 1 fully saturated rings. The molecule has 0 aliphatic carbocycles. The Bertz CT molecular complexity index is 148. The summed E-state index contributed by atoms with van der Waals surface area (Å²) in [5, 5.41) is 3.41. The Morgan fingerprint density at radius 1 is 1.43 bits per heavy atom. The highest BCUT2D eigenvalue weighted by Crippen LogP contribution is 2.14. The molecule has 0 aromatic heterocycles. The molecule has 1 atom stereocenters. The average molecular weight is 200 g/mol. The molecular formula is C11H24N2O. The van der Waals surface area contributed by atoms with Crippen LogP contribution in [0, 0.1) is 0 Å². The molecule has 1 rings (SSSR count). The van der Waals surface area contributed by atoms with Crippen molar-refractivity contribution in [3.63, 3.8) is 0 Å². The van der Waals surface area contributed by atoms with Crippen molar-refractivity contribution in [3.05, 3.63) is 0 Å². The highest BCUT2D eigenvalue weighted by atomic mass is 16.5. The predicted octanol–water partition coefficient (Wildman–Crippen LogP) is 1.27. The van der Waals surface area contributed by atoms with Gasteiger partial charge < -0.3 is 15.8 Å². The Kier molecular flexibility index (Phi) is 4.85. The summed E-state index contributed by atoms with van der Waals surface area (Å²) in [5.74, 6) is 0. The van der Waals surface area contributed by atoms with E-state index in [1.807, 2.05) is 0 Å². The number of nitrogens with two attached hydrogens (primary N) is 1. The summed E-state index contributed by atoms with van der Waals surface area (Å²) in [7, 11) is 0. The largest absolute Gasteiger partial charge is 0.378 e. The molecule has 3 nitrogen and oxygen atoms in total. The summed E-state index contributed by atoms with van der Waals surface area (Å²) >= 11 is 0. The van der Waals surface area contributed by atoms with Crippen LogP contribution in [-0.2, 0) is 4.74 Å². The Hall–Kier alpha value is -0.120. The van der Waals surface area contributed by atoms with Gasteiger partial charge in [0.2, 0.25) is 0 Å². The van der Waals surface area contributed by atoms with Crippen LogP contribution in [0.15, 0.2) is 0 Å². The summed E-state index contributed by atoms with van der Waals surface area (Å²) in [6, 6.07) is 0. The maximum Gasteiger partial charge on any atom is 0.0588 e. The van der Waals surface area contributed by atoms with Crippen molar-refractivity contribution >= 4 is 0 Å². The highest BCUT2D eigenvalue weighted by Gasteiger charge is 2.14. The number of hydrogen-bond donors (Lipinski definition) is 2. The van der Waals surface area contributed by atoms with Gasteiger partial charge in [-0.1, -0.05) is 0 Å². The third-order valence-electron chi connectivity index (χ3n) is 2.61. The van der Waals surface area contributed by atoms with Crippen molar-refractivity contribution in [3.8, 4) is 0 Å². The SMILES string of the molecule is CC(C)(N)CCNCCC1CCCO1. The topological polar surface area (TPSA) is 47.3 Å². The number of nitrogens with one attached hydrogen (secondary N) is 1. The molecule has 0 radical (unpaired) electrons. The fraction of sp³-hybridized carbons (Fsp3) is 1.00. The van der Waals surface area contributed by atoms with Crippen molar-refractivity contribution in [1.82, 2.24) is 5.32 Å². The van der Waals surface area contributed by atoms with Gasteiger partial charge in [-0.25, -0.2) is 0 Å². The molecule has 0 spiro atoms. The van der Waals surface area contributed by atoms with E-state index in [9.17, 15) is 0 Å². The number of ether oxygens (including phenoxy) is 1. The first kappa shape index (κ1) is 12.0. The first-order valence-corrected chi connectivity index (χ1v) is 5.69. The van der Waals surface area contributed by atoms with E-state index in [2.05, 4.69) is 19.2 Å². The minimum absolute atomic E-state index is 0.0448. The molecule has 3 heteroatoms. The van der Waals surface area contributed by atoms with Gasteiger partial charge in [0, 0.05) is 12.1 Å². The molecule has 0 aromatic rings. The van der Waals surface area contributed by atoms with E-state index in [4.69, 9.17) is 10.5 Å². The van der Waals surface area contributed by atoms with Crippen LogP contribution >= 0.6 is 0 Å². The summed E-state index contributed by atoms with van der Waals surface area (Å²) in [4.78, 5) is 0. The van der Waals surface area contributed by atoms with E-state index in [-0.39, 0.29) is 5.54 Å². The Labute approximate surface area is 87.4 Å². The van der Waals surface area contributed by atoms with E-state index < -0.39 is 0 Å². The lowest BCUT2D eigenvalue weighted by atomic mass is 10.0. The van der Waals surface area contributed by atoms with Crippen molar-refractivity contribution in [2.24, 2.45) is 5.73 Å². The summed E-state index contributed by atoms with van der Waals surface area (Å²) in [6.07, 6.45) is 5.15. The molecule has 1 aliphatic heterocycles. The average Bonchev–Trinajstić information content (AvgIpc) is 2.54. The molecule has 1 heterocycles. The lowest BCUT2D eigenvalue weighted by Gasteiger charge is -2.18. The fourth-order valence-electron chi connectivity index (χ4n) is 1.67. The highest BCUT2D eigenvalue weighted by molar-refractivity contribution is 4.73. The fourth-order valence-corrected chi connectivity index (χ4v) is 1.67.